The van der Waals surface area contributed by atoms with E-state index in [2.05, 4.69) is 5.32 Å². The number of rotatable bonds is 5. The van der Waals surface area contributed by atoms with E-state index in [1.165, 1.54) is 0 Å². The summed E-state index contributed by atoms with van der Waals surface area (Å²) < 4.78 is 27.1. The summed E-state index contributed by atoms with van der Waals surface area (Å²) in [4.78, 5) is 9.62. The molecule has 0 amide bonds. The van der Waals surface area contributed by atoms with E-state index >= 15 is 0 Å². The zero-order valence-corrected chi connectivity index (χ0v) is 9.95. The predicted molar refractivity (Wildman–Crippen MR) is 63.4 cm³/mol. The number of hydrogen-bond donors (Lipinski definition) is 1. The molecule has 1 fully saturated rings. The van der Waals surface area contributed by atoms with Crippen molar-refractivity contribution in [3.05, 3.63) is 33.9 Å². The average molecular weight is 256 g/mol. The topological polar surface area (TPSA) is 55.2 Å². The number of halogens is 2. The molecule has 0 bridgehead atoms. The second-order valence-electron chi connectivity index (χ2n) is 4.74. The summed E-state index contributed by atoms with van der Waals surface area (Å²) >= 11 is 0. The van der Waals surface area contributed by atoms with Gasteiger partial charge in [0.25, 0.3) is 5.69 Å². The van der Waals surface area contributed by atoms with Crippen molar-refractivity contribution in [3.63, 3.8) is 0 Å². The lowest BCUT2D eigenvalue weighted by atomic mass is 10.1. The third-order valence-corrected chi connectivity index (χ3v) is 3.27. The minimum absolute atomic E-state index is 0.284. The lowest BCUT2D eigenvalue weighted by Gasteiger charge is -2.13. The van der Waals surface area contributed by atoms with Gasteiger partial charge in [0.15, 0.2) is 11.6 Å². The highest BCUT2D eigenvalue weighted by Crippen LogP contribution is 2.36. The van der Waals surface area contributed by atoms with Gasteiger partial charge in [0.2, 0.25) is 0 Å². The first-order valence-electron chi connectivity index (χ1n) is 5.86. The minimum atomic E-state index is -0.926. The Labute approximate surface area is 103 Å². The van der Waals surface area contributed by atoms with Gasteiger partial charge in [0.1, 0.15) is 5.69 Å². The van der Waals surface area contributed by atoms with Crippen LogP contribution in [0, 0.1) is 33.6 Å². The number of nitrogens with zero attached hydrogens (tertiary/aromatic N) is 1. The molecular weight excluding hydrogens is 242 g/mol. The molecule has 0 radical (unpaired) electrons. The molecule has 4 nitrogen and oxygen atoms in total. The van der Waals surface area contributed by atoms with Crippen LogP contribution in [0.25, 0.3) is 0 Å². The van der Waals surface area contributed by atoms with E-state index in [1.807, 2.05) is 6.92 Å². The third kappa shape index (κ3) is 2.75. The van der Waals surface area contributed by atoms with Crippen molar-refractivity contribution in [1.82, 2.24) is 0 Å². The molecule has 1 N–H and O–H groups in total. The SMILES string of the molecule is CC(CNc1c(F)cc([N+](=O)[O-])cc1F)C1CC1. The molecule has 1 aromatic carbocycles. The molecule has 98 valence electrons. The summed E-state index contributed by atoms with van der Waals surface area (Å²) in [6.45, 7) is 2.49. The molecule has 2 rings (SSSR count). The molecule has 6 heteroatoms. The number of nitro benzene ring substituents is 1. The second-order valence-corrected chi connectivity index (χ2v) is 4.74. The van der Waals surface area contributed by atoms with E-state index in [4.69, 9.17) is 0 Å². The van der Waals surface area contributed by atoms with E-state index in [0.717, 1.165) is 25.0 Å². The fourth-order valence-electron chi connectivity index (χ4n) is 1.93. The van der Waals surface area contributed by atoms with Crippen LogP contribution >= 0.6 is 0 Å². The number of anilines is 1. The van der Waals surface area contributed by atoms with Crippen molar-refractivity contribution in [2.75, 3.05) is 11.9 Å². The van der Waals surface area contributed by atoms with E-state index in [9.17, 15) is 18.9 Å². The zero-order chi connectivity index (χ0) is 13.3. The van der Waals surface area contributed by atoms with Crippen molar-refractivity contribution < 1.29 is 13.7 Å². The molecule has 0 aliphatic heterocycles. The fourth-order valence-corrected chi connectivity index (χ4v) is 1.93. The number of non-ortho nitro benzene ring substituents is 1. The molecule has 1 aromatic rings. The number of nitro groups is 1. The van der Waals surface area contributed by atoms with E-state index in [1.54, 1.807) is 0 Å². The van der Waals surface area contributed by atoms with Crippen LogP contribution in [-0.2, 0) is 0 Å². The van der Waals surface area contributed by atoms with Crippen molar-refractivity contribution >= 4 is 11.4 Å². The molecule has 1 saturated carbocycles. The van der Waals surface area contributed by atoms with E-state index in [-0.39, 0.29) is 5.69 Å². The molecule has 1 unspecified atom stereocenters. The normalized spacial score (nSPS) is 16.4. The van der Waals surface area contributed by atoms with Gasteiger partial charge in [-0.3, -0.25) is 10.1 Å². The van der Waals surface area contributed by atoms with Crippen molar-refractivity contribution in [1.29, 1.82) is 0 Å². The van der Waals surface area contributed by atoms with Gasteiger partial charge in [-0.25, -0.2) is 8.78 Å². The molecule has 0 heterocycles. The summed E-state index contributed by atoms with van der Waals surface area (Å²) in [5, 5.41) is 13.1. The van der Waals surface area contributed by atoms with Gasteiger partial charge in [-0.05, 0) is 24.7 Å². The molecule has 0 aromatic heterocycles. The Morgan fingerprint density at radius 1 is 1.44 bits per heavy atom. The molecular formula is C12H14F2N2O2. The number of benzene rings is 1. The van der Waals surface area contributed by atoms with Crippen molar-refractivity contribution in [2.45, 2.75) is 19.8 Å². The fraction of sp³-hybridized carbons (Fsp3) is 0.500. The minimum Gasteiger partial charge on any atom is -0.380 e. The summed E-state index contributed by atoms with van der Waals surface area (Å²) in [5.41, 5.74) is -0.862. The first-order valence-corrected chi connectivity index (χ1v) is 5.86. The molecule has 18 heavy (non-hydrogen) atoms. The first kappa shape index (κ1) is 12.7. The van der Waals surface area contributed by atoms with Gasteiger partial charge in [-0.15, -0.1) is 0 Å². The van der Waals surface area contributed by atoms with Crippen LogP contribution in [0.1, 0.15) is 19.8 Å². The van der Waals surface area contributed by atoms with Crippen molar-refractivity contribution in [2.24, 2.45) is 11.8 Å². The van der Waals surface area contributed by atoms with Gasteiger partial charge in [0, 0.05) is 6.54 Å². The van der Waals surface area contributed by atoms with Gasteiger partial charge in [-0.1, -0.05) is 6.92 Å². The Hall–Kier alpha value is -1.72. The van der Waals surface area contributed by atoms with Crippen LogP contribution in [0.3, 0.4) is 0 Å². The predicted octanol–water partition coefficient (Wildman–Crippen LogP) is 3.33. The summed E-state index contributed by atoms with van der Waals surface area (Å²) in [6.07, 6.45) is 2.32. The summed E-state index contributed by atoms with van der Waals surface area (Å²) in [7, 11) is 0. The van der Waals surface area contributed by atoms with Crippen LogP contribution in [-0.4, -0.2) is 11.5 Å². The molecule has 1 aliphatic rings. The maximum atomic E-state index is 13.5. The highest BCUT2D eigenvalue weighted by atomic mass is 19.1. The summed E-state index contributed by atoms with van der Waals surface area (Å²) in [6, 6.07) is 1.46. The standard InChI is InChI=1S/C12H14F2N2O2/c1-7(8-2-3-8)6-15-12-10(13)4-9(16(17)18)5-11(12)14/h4-5,7-8,15H,2-3,6H2,1H3. The van der Waals surface area contributed by atoms with E-state index < -0.39 is 22.2 Å². The quantitative estimate of drug-likeness (QED) is 0.649. The smallest absolute Gasteiger partial charge is 0.275 e. The Bertz CT molecular complexity index is 452. The van der Waals surface area contributed by atoms with Crippen molar-refractivity contribution in [3.8, 4) is 0 Å². The Morgan fingerprint density at radius 2 is 2.00 bits per heavy atom. The maximum absolute atomic E-state index is 13.5. The van der Waals surface area contributed by atoms with Crippen LogP contribution in [0.5, 0.6) is 0 Å². The maximum Gasteiger partial charge on any atom is 0.275 e. The largest absolute Gasteiger partial charge is 0.380 e. The highest BCUT2D eigenvalue weighted by molar-refractivity contribution is 5.51. The van der Waals surface area contributed by atoms with Crippen LogP contribution in [0.4, 0.5) is 20.2 Å². The first-order chi connectivity index (χ1) is 8.49. The van der Waals surface area contributed by atoms with Gasteiger partial charge in [0.05, 0.1) is 17.1 Å². The molecule has 0 saturated heterocycles. The highest BCUT2D eigenvalue weighted by Gasteiger charge is 2.28. The lowest BCUT2D eigenvalue weighted by Crippen LogP contribution is -2.14. The number of hydrogen-bond acceptors (Lipinski definition) is 3. The third-order valence-electron chi connectivity index (χ3n) is 3.27. The second kappa shape index (κ2) is 4.88. The molecule has 1 atom stereocenters. The van der Waals surface area contributed by atoms with Gasteiger partial charge in [-0.2, -0.15) is 0 Å². The van der Waals surface area contributed by atoms with Crippen LogP contribution in [0.2, 0.25) is 0 Å². The monoisotopic (exact) mass is 256 g/mol. The Balaban J connectivity index is 2.09. The molecule has 1 aliphatic carbocycles. The van der Waals surface area contributed by atoms with E-state index in [0.29, 0.717) is 18.4 Å². The zero-order valence-electron chi connectivity index (χ0n) is 9.95. The van der Waals surface area contributed by atoms with Crippen LogP contribution < -0.4 is 5.32 Å². The average Bonchev–Trinajstić information content (AvgIpc) is 3.10. The summed E-state index contributed by atoms with van der Waals surface area (Å²) in [5.74, 6) is -0.880. The van der Waals surface area contributed by atoms with Crippen LogP contribution in [0.15, 0.2) is 12.1 Å². The van der Waals surface area contributed by atoms with Gasteiger partial charge >= 0.3 is 0 Å². The Morgan fingerprint density at radius 3 is 2.44 bits per heavy atom. The van der Waals surface area contributed by atoms with Gasteiger partial charge < -0.3 is 5.32 Å². The molecule has 0 spiro atoms. The number of nitrogens with one attached hydrogen (secondary N) is 1. The lowest BCUT2D eigenvalue weighted by molar-refractivity contribution is -0.385. The Kier molecular flexibility index (Phi) is 3.45.